The van der Waals surface area contributed by atoms with Crippen LogP contribution in [0.4, 0.5) is 5.69 Å². The van der Waals surface area contributed by atoms with Crippen LogP contribution in [-0.4, -0.2) is 13.3 Å². The molecule has 0 bridgehead atoms. The summed E-state index contributed by atoms with van der Waals surface area (Å²) >= 11 is 0. The van der Waals surface area contributed by atoms with Crippen LogP contribution in [0.25, 0.3) is 0 Å². The van der Waals surface area contributed by atoms with Crippen LogP contribution in [0, 0.1) is 11.3 Å². The van der Waals surface area contributed by atoms with Gasteiger partial charge in [0.15, 0.2) is 0 Å². The van der Waals surface area contributed by atoms with E-state index >= 15 is 0 Å². The molecule has 0 saturated heterocycles. The van der Waals surface area contributed by atoms with Gasteiger partial charge < -0.3 is 4.74 Å². The Balaban J connectivity index is 1.96. The lowest BCUT2D eigenvalue weighted by molar-refractivity contribution is 0.415. The smallest absolute Gasteiger partial charge is 0.119 e. The van der Waals surface area contributed by atoms with Crippen molar-refractivity contribution in [3.63, 3.8) is 0 Å². The SMILES string of the molecule is COc1ccc(NN=Cc2ccc(C#N)cc2)cc1. The van der Waals surface area contributed by atoms with Crippen molar-refractivity contribution in [1.82, 2.24) is 0 Å². The minimum Gasteiger partial charge on any atom is -0.497 e. The number of methoxy groups -OCH3 is 1. The molecule has 2 aromatic carbocycles. The maximum Gasteiger partial charge on any atom is 0.119 e. The van der Waals surface area contributed by atoms with Crippen LogP contribution in [0.5, 0.6) is 5.75 Å². The number of nitrogens with zero attached hydrogens (tertiary/aromatic N) is 2. The van der Waals surface area contributed by atoms with Crippen molar-refractivity contribution < 1.29 is 4.74 Å². The molecule has 2 aromatic rings. The average Bonchev–Trinajstić information content (AvgIpc) is 2.49. The lowest BCUT2D eigenvalue weighted by atomic mass is 10.2. The van der Waals surface area contributed by atoms with Gasteiger partial charge in [-0.15, -0.1) is 0 Å². The summed E-state index contributed by atoms with van der Waals surface area (Å²) in [6.45, 7) is 0. The predicted molar refractivity (Wildman–Crippen MR) is 75.4 cm³/mol. The lowest BCUT2D eigenvalue weighted by Crippen LogP contribution is -1.91. The van der Waals surface area contributed by atoms with Crippen molar-refractivity contribution in [3.8, 4) is 11.8 Å². The molecule has 19 heavy (non-hydrogen) atoms. The highest BCUT2D eigenvalue weighted by Gasteiger charge is 1.92. The number of nitriles is 1. The molecule has 0 atom stereocenters. The first-order chi connectivity index (χ1) is 9.31. The Morgan fingerprint density at radius 3 is 2.37 bits per heavy atom. The molecule has 0 aliphatic heterocycles. The second-order valence-corrected chi connectivity index (χ2v) is 3.83. The highest BCUT2D eigenvalue weighted by molar-refractivity contribution is 5.80. The number of hydrogen-bond donors (Lipinski definition) is 1. The number of hydrogen-bond acceptors (Lipinski definition) is 4. The van der Waals surface area contributed by atoms with Crippen LogP contribution in [0.1, 0.15) is 11.1 Å². The van der Waals surface area contributed by atoms with Crippen molar-refractivity contribution in [3.05, 3.63) is 59.7 Å². The fourth-order valence-corrected chi connectivity index (χ4v) is 1.49. The number of nitrogens with one attached hydrogen (secondary N) is 1. The molecule has 2 rings (SSSR count). The minimum absolute atomic E-state index is 0.639. The van der Waals surface area contributed by atoms with Crippen molar-refractivity contribution >= 4 is 11.9 Å². The molecule has 0 amide bonds. The summed E-state index contributed by atoms with van der Waals surface area (Å²) in [5.41, 5.74) is 5.37. The lowest BCUT2D eigenvalue weighted by Gasteiger charge is -2.02. The second-order valence-electron chi connectivity index (χ2n) is 3.83. The molecule has 0 radical (unpaired) electrons. The van der Waals surface area contributed by atoms with E-state index in [4.69, 9.17) is 10.00 Å². The van der Waals surface area contributed by atoms with Gasteiger partial charge in [0.2, 0.25) is 0 Å². The number of benzene rings is 2. The Kier molecular flexibility index (Phi) is 4.14. The molecule has 0 saturated carbocycles. The van der Waals surface area contributed by atoms with Crippen molar-refractivity contribution in [2.75, 3.05) is 12.5 Å². The van der Waals surface area contributed by atoms with E-state index in [1.165, 1.54) is 0 Å². The molecule has 0 heterocycles. The summed E-state index contributed by atoms with van der Waals surface area (Å²) in [5.74, 6) is 0.807. The number of hydrazone groups is 1. The summed E-state index contributed by atoms with van der Waals surface area (Å²) in [7, 11) is 1.63. The molecule has 4 nitrogen and oxygen atoms in total. The molecular formula is C15H13N3O. The number of ether oxygens (including phenoxy) is 1. The maximum atomic E-state index is 8.69. The van der Waals surface area contributed by atoms with E-state index in [-0.39, 0.29) is 0 Å². The topological polar surface area (TPSA) is 57.4 Å². The zero-order chi connectivity index (χ0) is 13.5. The highest BCUT2D eigenvalue weighted by atomic mass is 16.5. The van der Waals surface area contributed by atoms with Gasteiger partial charge >= 0.3 is 0 Å². The Bertz CT molecular complexity index is 595. The van der Waals surface area contributed by atoms with E-state index < -0.39 is 0 Å². The molecule has 0 spiro atoms. The van der Waals surface area contributed by atoms with Crippen LogP contribution in [0.15, 0.2) is 53.6 Å². The summed E-state index contributed by atoms with van der Waals surface area (Å²) in [5, 5.41) is 12.8. The molecular weight excluding hydrogens is 238 g/mol. The second kappa shape index (κ2) is 6.22. The zero-order valence-corrected chi connectivity index (χ0v) is 10.5. The largest absolute Gasteiger partial charge is 0.497 e. The van der Waals surface area contributed by atoms with E-state index in [2.05, 4.69) is 16.6 Å². The molecule has 0 aromatic heterocycles. The summed E-state index contributed by atoms with van der Waals surface area (Å²) < 4.78 is 5.07. The van der Waals surface area contributed by atoms with Crippen molar-refractivity contribution in [2.45, 2.75) is 0 Å². The molecule has 0 unspecified atom stereocenters. The monoisotopic (exact) mass is 251 g/mol. The summed E-state index contributed by atoms with van der Waals surface area (Å²) in [6.07, 6.45) is 1.70. The number of anilines is 1. The standard InChI is InChI=1S/C15H13N3O/c1-19-15-8-6-14(7-9-15)18-17-11-13-4-2-12(10-16)3-5-13/h2-9,11,18H,1H3. The first-order valence-electron chi connectivity index (χ1n) is 5.75. The molecule has 0 aliphatic rings. The average molecular weight is 251 g/mol. The van der Waals surface area contributed by atoms with Gasteiger partial charge in [-0.3, -0.25) is 5.43 Å². The first kappa shape index (κ1) is 12.7. The third kappa shape index (κ3) is 3.58. The molecule has 0 fully saturated rings. The normalized spacial score (nSPS) is 10.1. The van der Waals surface area contributed by atoms with Gasteiger partial charge in [-0.05, 0) is 42.0 Å². The predicted octanol–water partition coefficient (Wildman–Crippen LogP) is 3.01. The van der Waals surface area contributed by atoms with Gasteiger partial charge in [-0.25, -0.2) is 0 Å². The van der Waals surface area contributed by atoms with Gasteiger partial charge in [0.05, 0.1) is 30.6 Å². The van der Waals surface area contributed by atoms with Gasteiger partial charge in [-0.2, -0.15) is 10.4 Å². The Morgan fingerprint density at radius 2 is 1.79 bits per heavy atom. The van der Waals surface area contributed by atoms with Crippen LogP contribution in [0.3, 0.4) is 0 Å². The molecule has 1 N–H and O–H groups in total. The maximum absolute atomic E-state index is 8.69. The molecule has 0 aliphatic carbocycles. The van der Waals surface area contributed by atoms with E-state index in [9.17, 15) is 0 Å². The summed E-state index contributed by atoms with van der Waals surface area (Å²) in [6, 6.07) is 16.8. The zero-order valence-electron chi connectivity index (χ0n) is 10.5. The highest BCUT2D eigenvalue weighted by Crippen LogP contribution is 2.14. The Hall–Kier alpha value is -2.80. The fourth-order valence-electron chi connectivity index (χ4n) is 1.49. The quantitative estimate of drug-likeness (QED) is 0.671. The van der Waals surface area contributed by atoms with Gasteiger partial charge in [-0.1, -0.05) is 12.1 Å². The van der Waals surface area contributed by atoms with Crippen LogP contribution >= 0.6 is 0 Å². The third-order valence-corrected chi connectivity index (χ3v) is 2.54. The van der Waals surface area contributed by atoms with E-state index in [1.54, 1.807) is 25.5 Å². The third-order valence-electron chi connectivity index (χ3n) is 2.54. The Morgan fingerprint density at radius 1 is 1.11 bits per heavy atom. The van der Waals surface area contributed by atoms with Gasteiger partial charge in [0.1, 0.15) is 5.75 Å². The Labute approximate surface area is 112 Å². The fraction of sp³-hybridized carbons (Fsp3) is 0.0667. The van der Waals surface area contributed by atoms with Crippen molar-refractivity contribution in [2.24, 2.45) is 5.10 Å². The molecule has 94 valence electrons. The van der Waals surface area contributed by atoms with Crippen LogP contribution < -0.4 is 10.2 Å². The van der Waals surface area contributed by atoms with Gasteiger partial charge in [0.25, 0.3) is 0 Å². The minimum atomic E-state index is 0.639. The van der Waals surface area contributed by atoms with Gasteiger partial charge in [0, 0.05) is 0 Å². The first-order valence-corrected chi connectivity index (χ1v) is 5.75. The van der Waals surface area contributed by atoms with Crippen molar-refractivity contribution in [1.29, 1.82) is 5.26 Å². The summed E-state index contributed by atoms with van der Waals surface area (Å²) in [4.78, 5) is 0. The van der Waals surface area contributed by atoms with E-state index in [0.717, 1.165) is 17.0 Å². The van der Waals surface area contributed by atoms with E-state index in [0.29, 0.717) is 5.56 Å². The molecule has 4 heteroatoms. The number of rotatable bonds is 4. The van der Waals surface area contributed by atoms with Crippen LogP contribution in [0.2, 0.25) is 0 Å². The van der Waals surface area contributed by atoms with E-state index in [1.807, 2.05) is 36.4 Å². The van der Waals surface area contributed by atoms with Crippen LogP contribution in [-0.2, 0) is 0 Å².